The highest BCUT2D eigenvalue weighted by atomic mass is 16.4. The number of carboxylic acids is 1. The van der Waals surface area contributed by atoms with E-state index in [4.69, 9.17) is 5.11 Å². The molecule has 5 nitrogen and oxygen atoms in total. The van der Waals surface area contributed by atoms with Crippen LogP contribution in [-0.4, -0.2) is 21.0 Å². The monoisotopic (exact) mass is 194 g/mol. The number of carboxylic acid groups (broad SMARTS) is 1. The van der Waals surface area contributed by atoms with Gasteiger partial charge in [-0.15, -0.1) is 0 Å². The normalized spacial score (nSPS) is 17.8. The highest BCUT2D eigenvalue weighted by molar-refractivity contribution is 5.85. The first-order valence-corrected chi connectivity index (χ1v) is 4.36. The molecule has 0 aliphatic heterocycles. The van der Waals surface area contributed by atoms with Crippen LogP contribution < -0.4 is 5.56 Å². The van der Waals surface area contributed by atoms with E-state index in [9.17, 15) is 9.59 Å². The molecule has 5 heteroatoms. The molecule has 0 spiro atoms. The third-order valence-electron chi connectivity index (χ3n) is 2.53. The van der Waals surface area contributed by atoms with Gasteiger partial charge in [0.05, 0.1) is 0 Å². The van der Waals surface area contributed by atoms with Crippen LogP contribution in [0.2, 0.25) is 0 Å². The lowest BCUT2D eigenvalue weighted by Gasteiger charge is -2.06. The van der Waals surface area contributed by atoms with Gasteiger partial charge in [0.25, 0.3) is 5.56 Å². The molecule has 0 amide bonds. The van der Waals surface area contributed by atoms with E-state index in [2.05, 4.69) is 9.97 Å². The van der Waals surface area contributed by atoms with Gasteiger partial charge in [-0.3, -0.25) is 4.79 Å². The average molecular weight is 194 g/mol. The number of rotatable bonds is 2. The van der Waals surface area contributed by atoms with Crippen LogP contribution in [-0.2, 0) is 5.41 Å². The van der Waals surface area contributed by atoms with Crippen LogP contribution in [0.1, 0.15) is 36.1 Å². The van der Waals surface area contributed by atoms with Crippen LogP contribution in [0, 0.1) is 0 Å². The van der Waals surface area contributed by atoms with Gasteiger partial charge in [0.1, 0.15) is 5.82 Å². The molecule has 1 heterocycles. The van der Waals surface area contributed by atoms with E-state index < -0.39 is 11.5 Å². The van der Waals surface area contributed by atoms with E-state index in [0.717, 1.165) is 18.9 Å². The quantitative estimate of drug-likeness (QED) is 0.718. The third kappa shape index (κ3) is 1.41. The largest absolute Gasteiger partial charge is 0.477 e. The van der Waals surface area contributed by atoms with Crippen LogP contribution in [0.15, 0.2) is 10.9 Å². The van der Waals surface area contributed by atoms with Crippen LogP contribution in [0.4, 0.5) is 0 Å². The molecule has 14 heavy (non-hydrogen) atoms. The molecule has 74 valence electrons. The minimum Gasteiger partial charge on any atom is -0.477 e. The van der Waals surface area contributed by atoms with Crippen LogP contribution in [0.3, 0.4) is 0 Å². The van der Waals surface area contributed by atoms with Crippen molar-refractivity contribution >= 4 is 5.97 Å². The molecule has 1 aromatic heterocycles. The Morgan fingerprint density at radius 2 is 2.29 bits per heavy atom. The topological polar surface area (TPSA) is 83.0 Å². The minimum atomic E-state index is -1.17. The summed E-state index contributed by atoms with van der Waals surface area (Å²) in [4.78, 5) is 28.3. The molecule has 2 rings (SSSR count). The van der Waals surface area contributed by atoms with Crippen LogP contribution in [0.5, 0.6) is 0 Å². The summed E-state index contributed by atoms with van der Waals surface area (Å²) in [7, 11) is 0. The van der Waals surface area contributed by atoms with Crippen molar-refractivity contribution in [3.05, 3.63) is 27.9 Å². The molecule has 1 aliphatic carbocycles. The minimum absolute atomic E-state index is 0.120. The van der Waals surface area contributed by atoms with Crippen molar-refractivity contribution in [2.24, 2.45) is 0 Å². The van der Waals surface area contributed by atoms with Gasteiger partial charge < -0.3 is 10.1 Å². The fraction of sp³-hybridized carbons (Fsp3) is 0.444. The molecule has 0 unspecified atom stereocenters. The van der Waals surface area contributed by atoms with Crippen molar-refractivity contribution in [3.8, 4) is 0 Å². The first kappa shape index (κ1) is 8.93. The predicted octanol–water partition coefficient (Wildman–Crippen LogP) is 0.520. The molecule has 0 atom stereocenters. The first-order valence-electron chi connectivity index (χ1n) is 4.36. The summed E-state index contributed by atoms with van der Waals surface area (Å²) in [6.45, 7) is 1.96. The number of carbonyl (C=O) groups is 1. The highest BCUT2D eigenvalue weighted by Gasteiger charge is 2.41. The zero-order chi connectivity index (χ0) is 10.3. The number of aromatic amines is 1. The molecule has 1 aromatic rings. The van der Waals surface area contributed by atoms with Gasteiger partial charge in [-0.2, -0.15) is 0 Å². The Labute approximate surface area is 79.8 Å². The maximum Gasteiger partial charge on any atom is 0.354 e. The van der Waals surface area contributed by atoms with Crippen molar-refractivity contribution in [1.82, 2.24) is 9.97 Å². The maximum atomic E-state index is 11.1. The summed E-state index contributed by atoms with van der Waals surface area (Å²) in [6, 6.07) is 0.998. The van der Waals surface area contributed by atoms with Crippen molar-refractivity contribution in [2.75, 3.05) is 0 Å². The van der Waals surface area contributed by atoms with E-state index in [1.165, 1.54) is 0 Å². The first-order chi connectivity index (χ1) is 6.51. The second-order valence-electron chi connectivity index (χ2n) is 3.85. The summed E-state index contributed by atoms with van der Waals surface area (Å²) in [5.41, 5.74) is -0.706. The van der Waals surface area contributed by atoms with Gasteiger partial charge >= 0.3 is 5.97 Å². The SMILES string of the molecule is CC1(c2nc(C(=O)O)cc(=O)[nH]2)CC1. The van der Waals surface area contributed by atoms with E-state index in [1.54, 1.807) is 0 Å². The lowest BCUT2D eigenvalue weighted by Crippen LogP contribution is -2.19. The van der Waals surface area contributed by atoms with E-state index in [0.29, 0.717) is 5.82 Å². The summed E-state index contributed by atoms with van der Waals surface area (Å²) in [6.07, 6.45) is 1.89. The number of hydrogen-bond donors (Lipinski definition) is 2. The Morgan fingerprint density at radius 3 is 2.79 bits per heavy atom. The van der Waals surface area contributed by atoms with E-state index >= 15 is 0 Å². The molecular weight excluding hydrogens is 184 g/mol. The lowest BCUT2D eigenvalue weighted by molar-refractivity contribution is 0.0689. The Morgan fingerprint density at radius 1 is 1.64 bits per heavy atom. The summed E-state index contributed by atoms with van der Waals surface area (Å²) < 4.78 is 0. The summed E-state index contributed by atoms with van der Waals surface area (Å²) in [5, 5.41) is 8.70. The summed E-state index contributed by atoms with van der Waals surface area (Å²) >= 11 is 0. The second-order valence-corrected chi connectivity index (χ2v) is 3.85. The smallest absolute Gasteiger partial charge is 0.354 e. The summed E-state index contributed by atoms with van der Waals surface area (Å²) in [5.74, 6) is -0.677. The second kappa shape index (κ2) is 2.67. The lowest BCUT2D eigenvalue weighted by atomic mass is 10.1. The van der Waals surface area contributed by atoms with Gasteiger partial charge in [0, 0.05) is 11.5 Å². The van der Waals surface area contributed by atoms with E-state index in [1.807, 2.05) is 6.92 Å². The number of hydrogen-bond acceptors (Lipinski definition) is 3. The van der Waals surface area contributed by atoms with Crippen molar-refractivity contribution in [2.45, 2.75) is 25.2 Å². The Hall–Kier alpha value is -1.65. The Balaban J connectivity index is 2.52. The zero-order valence-corrected chi connectivity index (χ0v) is 7.70. The molecule has 2 N–H and O–H groups in total. The number of nitrogens with zero attached hydrogens (tertiary/aromatic N) is 1. The molecule has 0 saturated heterocycles. The van der Waals surface area contributed by atoms with Gasteiger partial charge in [0.15, 0.2) is 5.69 Å². The number of aromatic carboxylic acids is 1. The molecule has 1 saturated carbocycles. The number of nitrogens with one attached hydrogen (secondary N) is 1. The zero-order valence-electron chi connectivity index (χ0n) is 7.70. The molecule has 1 aliphatic rings. The van der Waals surface area contributed by atoms with Crippen LogP contribution in [0.25, 0.3) is 0 Å². The number of aromatic nitrogens is 2. The maximum absolute atomic E-state index is 11.1. The van der Waals surface area contributed by atoms with E-state index in [-0.39, 0.29) is 11.1 Å². The Kier molecular flexibility index (Phi) is 1.70. The fourth-order valence-corrected chi connectivity index (χ4v) is 1.28. The molecule has 1 fully saturated rings. The third-order valence-corrected chi connectivity index (χ3v) is 2.53. The highest BCUT2D eigenvalue weighted by Crippen LogP contribution is 2.45. The molecule has 0 bridgehead atoms. The van der Waals surface area contributed by atoms with Crippen molar-refractivity contribution < 1.29 is 9.90 Å². The number of H-pyrrole nitrogens is 1. The Bertz CT molecular complexity index is 446. The molecular formula is C9H10N2O3. The van der Waals surface area contributed by atoms with Crippen molar-refractivity contribution in [3.63, 3.8) is 0 Å². The fourth-order valence-electron chi connectivity index (χ4n) is 1.28. The van der Waals surface area contributed by atoms with Crippen LogP contribution >= 0.6 is 0 Å². The van der Waals surface area contributed by atoms with Gasteiger partial charge in [-0.25, -0.2) is 9.78 Å². The predicted molar refractivity (Wildman–Crippen MR) is 48.4 cm³/mol. The van der Waals surface area contributed by atoms with Crippen molar-refractivity contribution in [1.29, 1.82) is 0 Å². The molecule has 0 aromatic carbocycles. The van der Waals surface area contributed by atoms with Gasteiger partial charge in [-0.1, -0.05) is 6.92 Å². The van der Waals surface area contributed by atoms with Gasteiger partial charge in [0.2, 0.25) is 0 Å². The van der Waals surface area contributed by atoms with Gasteiger partial charge in [-0.05, 0) is 12.8 Å². The average Bonchev–Trinajstić information content (AvgIpc) is 2.84. The standard InChI is InChI=1S/C9H10N2O3/c1-9(2-3-9)8-10-5(7(13)14)4-6(12)11-8/h4H,2-3H2,1H3,(H,13,14)(H,10,11,12). The molecule has 0 radical (unpaired) electrons.